The summed E-state index contributed by atoms with van der Waals surface area (Å²) in [7, 11) is 0. The molecule has 0 aliphatic rings. The van der Waals surface area contributed by atoms with Crippen molar-refractivity contribution in [3.63, 3.8) is 0 Å². The van der Waals surface area contributed by atoms with Crippen molar-refractivity contribution in [2.45, 2.75) is 38.7 Å². The number of rotatable bonds is 7. The molecule has 1 atom stereocenters. The maximum Gasteiger partial charge on any atom is 0.151 e. The van der Waals surface area contributed by atoms with Crippen LogP contribution in [0.4, 0.5) is 18.9 Å². The molecular weight excluding hydrogens is 443 g/mol. The lowest BCUT2D eigenvalue weighted by Crippen LogP contribution is -2.29. The zero-order chi connectivity index (χ0) is 24.6. The van der Waals surface area contributed by atoms with Crippen LogP contribution in [0.3, 0.4) is 0 Å². The van der Waals surface area contributed by atoms with Crippen LogP contribution in [0.25, 0.3) is 16.6 Å². The Bertz CT molecular complexity index is 1350. The van der Waals surface area contributed by atoms with Gasteiger partial charge in [0.25, 0.3) is 0 Å². The number of hydrogen-bond acceptors (Lipinski definition) is 4. The number of benzene rings is 3. The minimum atomic E-state index is -0.808. The molecule has 0 saturated heterocycles. The lowest BCUT2D eigenvalue weighted by molar-refractivity contribution is 0.149. The number of anilines is 1. The van der Waals surface area contributed by atoms with Crippen LogP contribution in [0, 0.1) is 24.4 Å². The highest BCUT2D eigenvalue weighted by molar-refractivity contribution is 5.93. The summed E-state index contributed by atoms with van der Waals surface area (Å²) in [5, 5.41) is 29.1. The highest BCUT2D eigenvalue weighted by atomic mass is 19.1. The SMILES string of the molecule is Cc1cc(NCC(O)CC(C)(C)c2cc(F)ccc2O)c2cnn(-c3ccc(F)cc3F)c2c1. The molecule has 0 fully saturated rings. The topological polar surface area (TPSA) is 70.3 Å². The summed E-state index contributed by atoms with van der Waals surface area (Å²) in [5.41, 5.74) is 2.09. The first kappa shape index (κ1) is 23.6. The van der Waals surface area contributed by atoms with Gasteiger partial charge in [-0.2, -0.15) is 5.10 Å². The molecule has 0 radical (unpaired) electrons. The van der Waals surface area contributed by atoms with Crippen LogP contribution in [0.1, 0.15) is 31.4 Å². The summed E-state index contributed by atoms with van der Waals surface area (Å²) in [4.78, 5) is 0. The number of halogens is 3. The van der Waals surface area contributed by atoms with Crippen LogP contribution in [0.5, 0.6) is 5.75 Å². The van der Waals surface area contributed by atoms with E-state index in [1.165, 1.54) is 35.0 Å². The monoisotopic (exact) mass is 469 g/mol. The second kappa shape index (κ2) is 9.02. The van der Waals surface area contributed by atoms with E-state index in [0.717, 1.165) is 11.6 Å². The summed E-state index contributed by atoms with van der Waals surface area (Å²) < 4.78 is 42.8. The van der Waals surface area contributed by atoms with Crippen LogP contribution in [0.2, 0.25) is 0 Å². The van der Waals surface area contributed by atoms with Crippen LogP contribution in [0.15, 0.2) is 54.7 Å². The van der Waals surface area contributed by atoms with Gasteiger partial charge in [-0.1, -0.05) is 13.8 Å². The molecule has 0 bridgehead atoms. The highest BCUT2D eigenvalue weighted by Crippen LogP contribution is 2.35. The molecule has 0 spiro atoms. The molecule has 4 rings (SSSR count). The third-order valence-corrected chi connectivity index (χ3v) is 5.93. The quantitative estimate of drug-likeness (QED) is 0.330. The van der Waals surface area contributed by atoms with E-state index in [4.69, 9.17) is 0 Å². The van der Waals surface area contributed by atoms with Gasteiger partial charge in [0.1, 0.15) is 23.1 Å². The minimum Gasteiger partial charge on any atom is -0.508 e. The fourth-order valence-corrected chi connectivity index (χ4v) is 4.31. The third-order valence-electron chi connectivity index (χ3n) is 5.93. The second-order valence-corrected chi connectivity index (χ2v) is 9.18. The van der Waals surface area contributed by atoms with E-state index in [1.54, 1.807) is 6.20 Å². The van der Waals surface area contributed by atoms with Gasteiger partial charge >= 0.3 is 0 Å². The Balaban J connectivity index is 1.56. The Morgan fingerprint density at radius 1 is 1.03 bits per heavy atom. The van der Waals surface area contributed by atoms with Crippen LogP contribution >= 0.6 is 0 Å². The number of aromatic nitrogens is 2. The molecular formula is C26H26F3N3O2. The van der Waals surface area contributed by atoms with Crippen molar-refractivity contribution in [1.82, 2.24) is 9.78 Å². The standard InChI is InChI=1S/C26H26F3N3O2/c1-15-8-22(19-14-31-32(24(19)9-15)23-6-4-17(28)11-21(23)29)30-13-18(33)12-26(2,3)20-10-16(27)5-7-25(20)34/h4-11,14,18,30,33-34H,12-13H2,1-3H3. The fraction of sp³-hybridized carbons (Fsp3) is 0.269. The van der Waals surface area contributed by atoms with E-state index in [-0.39, 0.29) is 24.4 Å². The molecule has 3 N–H and O–H groups in total. The summed E-state index contributed by atoms with van der Waals surface area (Å²) >= 11 is 0. The molecule has 0 aliphatic carbocycles. The van der Waals surface area contributed by atoms with Gasteiger partial charge in [-0.15, -0.1) is 0 Å². The van der Waals surface area contributed by atoms with Gasteiger partial charge in [-0.3, -0.25) is 0 Å². The maximum absolute atomic E-state index is 14.4. The molecule has 4 aromatic rings. The van der Waals surface area contributed by atoms with Crippen LogP contribution < -0.4 is 5.32 Å². The lowest BCUT2D eigenvalue weighted by Gasteiger charge is -2.29. The highest BCUT2D eigenvalue weighted by Gasteiger charge is 2.27. The van der Waals surface area contributed by atoms with Gasteiger partial charge in [0, 0.05) is 29.2 Å². The van der Waals surface area contributed by atoms with E-state index in [2.05, 4.69) is 10.4 Å². The molecule has 34 heavy (non-hydrogen) atoms. The zero-order valence-corrected chi connectivity index (χ0v) is 19.1. The molecule has 5 nitrogen and oxygen atoms in total. The number of fused-ring (bicyclic) bond motifs is 1. The number of aromatic hydroxyl groups is 1. The maximum atomic E-state index is 14.4. The lowest BCUT2D eigenvalue weighted by atomic mass is 9.79. The van der Waals surface area contributed by atoms with Gasteiger partial charge in [-0.05, 0) is 66.8 Å². The minimum absolute atomic E-state index is 0.0209. The summed E-state index contributed by atoms with van der Waals surface area (Å²) in [6.45, 7) is 5.73. The summed E-state index contributed by atoms with van der Waals surface area (Å²) in [5.74, 6) is -1.86. The molecule has 0 aliphatic heterocycles. The number of nitrogens with one attached hydrogen (secondary N) is 1. The average Bonchev–Trinajstić information content (AvgIpc) is 3.17. The van der Waals surface area contributed by atoms with E-state index in [1.807, 2.05) is 32.9 Å². The number of phenolic OH excluding ortho intramolecular Hbond substituents is 1. The first-order chi connectivity index (χ1) is 16.0. The smallest absolute Gasteiger partial charge is 0.151 e. The number of aryl methyl sites for hydroxylation is 1. The first-order valence-corrected chi connectivity index (χ1v) is 10.9. The van der Waals surface area contributed by atoms with Crippen molar-refractivity contribution in [3.05, 3.63) is 83.3 Å². The Kier molecular flexibility index (Phi) is 6.27. The predicted octanol–water partition coefficient (Wildman–Crippen LogP) is 5.60. The molecule has 1 aromatic heterocycles. The van der Waals surface area contributed by atoms with Crippen molar-refractivity contribution in [2.24, 2.45) is 0 Å². The fourth-order valence-electron chi connectivity index (χ4n) is 4.31. The van der Waals surface area contributed by atoms with Crippen molar-refractivity contribution in [1.29, 1.82) is 0 Å². The molecule has 0 saturated carbocycles. The average molecular weight is 470 g/mol. The van der Waals surface area contributed by atoms with Crippen LogP contribution in [-0.4, -0.2) is 32.6 Å². The number of aliphatic hydroxyl groups is 1. The first-order valence-electron chi connectivity index (χ1n) is 10.9. The molecule has 1 heterocycles. The van der Waals surface area contributed by atoms with Crippen molar-refractivity contribution < 1.29 is 23.4 Å². The number of hydrogen-bond donors (Lipinski definition) is 3. The molecule has 8 heteroatoms. The van der Waals surface area contributed by atoms with Gasteiger partial charge in [0.2, 0.25) is 0 Å². The molecule has 1 unspecified atom stereocenters. The number of aliphatic hydroxyl groups excluding tert-OH is 1. The van der Waals surface area contributed by atoms with Gasteiger partial charge in [-0.25, -0.2) is 17.9 Å². The number of phenols is 1. The Labute approximate surface area is 195 Å². The van der Waals surface area contributed by atoms with Gasteiger partial charge < -0.3 is 15.5 Å². The molecule has 178 valence electrons. The summed E-state index contributed by atoms with van der Waals surface area (Å²) in [6, 6.07) is 10.8. The normalized spacial score (nSPS) is 12.8. The second-order valence-electron chi connectivity index (χ2n) is 9.18. The molecule has 3 aromatic carbocycles. The number of nitrogens with zero attached hydrogens (tertiary/aromatic N) is 2. The Morgan fingerprint density at radius 2 is 1.74 bits per heavy atom. The van der Waals surface area contributed by atoms with Crippen LogP contribution in [-0.2, 0) is 5.41 Å². The summed E-state index contributed by atoms with van der Waals surface area (Å²) in [6.07, 6.45) is 1.05. The largest absolute Gasteiger partial charge is 0.508 e. The van der Waals surface area contributed by atoms with Gasteiger partial charge in [0.15, 0.2) is 5.82 Å². The van der Waals surface area contributed by atoms with E-state index in [0.29, 0.717) is 22.2 Å². The van der Waals surface area contributed by atoms with Crippen molar-refractivity contribution >= 4 is 16.6 Å². The Morgan fingerprint density at radius 3 is 2.47 bits per heavy atom. The van der Waals surface area contributed by atoms with Crippen molar-refractivity contribution in [3.8, 4) is 11.4 Å². The van der Waals surface area contributed by atoms with Gasteiger partial charge in [0.05, 0.1) is 17.8 Å². The van der Waals surface area contributed by atoms with E-state index < -0.39 is 29.0 Å². The molecule has 0 amide bonds. The Hall–Kier alpha value is -3.52. The van der Waals surface area contributed by atoms with Crippen molar-refractivity contribution in [2.75, 3.05) is 11.9 Å². The van der Waals surface area contributed by atoms with E-state index >= 15 is 0 Å². The zero-order valence-electron chi connectivity index (χ0n) is 19.1. The van der Waals surface area contributed by atoms with E-state index in [9.17, 15) is 23.4 Å². The predicted molar refractivity (Wildman–Crippen MR) is 126 cm³/mol. The third kappa shape index (κ3) is 4.72.